The lowest BCUT2D eigenvalue weighted by Crippen LogP contribution is -2.32. The predicted octanol–water partition coefficient (Wildman–Crippen LogP) is 4.94. The molecule has 0 aliphatic carbocycles. The smallest absolute Gasteiger partial charge is 0.0110 e. The van der Waals surface area contributed by atoms with Crippen molar-refractivity contribution >= 4 is 0 Å². The molecule has 1 N–H and O–H groups in total. The van der Waals surface area contributed by atoms with E-state index in [1.165, 1.54) is 24.0 Å². The summed E-state index contributed by atoms with van der Waals surface area (Å²) in [4.78, 5) is 0. The Bertz CT molecular complexity index is 372. The largest absolute Gasteiger partial charge is 0.314 e. The molecule has 0 bridgehead atoms. The van der Waals surface area contributed by atoms with Crippen molar-refractivity contribution in [2.24, 2.45) is 5.92 Å². The molecule has 0 saturated heterocycles. The van der Waals surface area contributed by atoms with Crippen LogP contribution in [0.3, 0.4) is 0 Å². The maximum atomic E-state index is 3.64. The van der Waals surface area contributed by atoms with Gasteiger partial charge in [0.2, 0.25) is 0 Å². The summed E-state index contributed by atoms with van der Waals surface area (Å²) in [7, 11) is 0. The summed E-state index contributed by atoms with van der Waals surface area (Å²) in [6.45, 7) is 14.7. The SMILES string of the molecule is CCNC(Cc1ccc(C(C)(C)C)cc1)CC(C)CC. The van der Waals surface area contributed by atoms with Crippen LogP contribution in [-0.2, 0) is 11.8 Å². The summed E-state index contributed by atoms with van der Waals surface area (Å²) >= 11 is 0. The molecular weight excluding hydrogens is 242 g/mol. The van der Waals surface area contributed by atoms with Gasteiger partial charge in [0.1, 0.15) is 0 Å². The second kappa shape index (κ2) is 7.83. The van der Waals surface area contributed by atoms with Crippen molar-refractivity contribution in [1.82, 2.24) is 5.32 Å². The zero-order valence-corrected chi connectivity index (χ0v) is 14.3. The van der Waals surface area contributed by atoms with Crippen molar-refractivity contribution in [3.8, 4) is 0 Å². The Labute approximate surface area is 126 Å². The van der Waals surface area contributed by atoms with Crippen molar-refractivity contribution in [2.45, 2.75) is 72.3 Å². The topological polar surface area (TPSA) is 12.0 Å². The molecule has 1 rings (SSSR count). The molecule has 20 heavy (non-hydrogen) atoms. The number of rotatable bonds is 7. The van der Waals surface area contributed by atoms with E-state index in [-0.39, 0.29) is 5.41 Å². The molecule has 1 heteroatoms. The molecule has 0 saturated carbocycles. The van der Waals surface area contributed by atoms with Crippen molar-refractivity contribution in [3.05, 3.63) is 35.4 Å². The van der Waals surface area contributed by atoms with Crippen LogP contribution in [0.4, 0.5) is 0 Å². The maximum Gasteiger partial charge on any atom is 0.0110 e. The monoisotopic (exact) mass is 275 g/mol. The molecule has 1 aromatic carbocycles. The Morgan fingerprint density at radius 2 is 1.65 bits per heavy atom. The van der Waals surface area contributed by atoms with Crippen LogP contribution in [0.25, 0.3) is 0 Å². The van der Waals surface area contributed by atoms with E-state index >= 15 is 0 Å². The Morgan fingerprint density at radius 3 is 2.10 bits per heavy atom. The first-order chi connectivity index (χ1) is 9.36. The van der Waals surface area contributed by atoms with E-state index in [0.717, 1.165) is 18.9 Å². The van der Waals surface area contributed by atoms with Crippen LogP contribution >= 0.6 is 0 Å². The highest BCUT2D eigenvalue weighted by atomic mass is 14.9. The molecule has 0 amide bonds. The lowest BCUT2D eigenvalue weighted by atomic mass is 9.86. The zero-order chi connectivity index (χ0) is 15.2. The van der Waals surface area contributed by atoms with Crippen molar-refractivity contribution in [1.29, 1.82) is 0 Å². The first-order valence-electron chi connectivity index (χ1n) is 8.19. The molecule has 0 fully saturated rings. The minimum Gasteiger partial charge on any atom is -0.314 e. The molecular formula is C19H33N. The standard InChI is InChI=1S/C19H33N/c1-7-15(3)13-18(20-8-2)14-16-9-11-17(12-10-16)19(4,5)6/h9-12,15,18,20H,7-8,13-14H2,1-6H3. The fourth-order valence-electron chi connectivity index (χ4n) is 2.61. The van der Waals surface area contributed by atoms with Gasteiger partial charge in [-0.3, -0.25) is 0 Å². The molecule has 0 aromatic heterocycles. The second-order valence-electron chi connectivity index (χ2n) is 7.15. The molecule has 2 atom stereocenters. The van der Waals surface area contributed by atoms with Crippen LogP contribution in [0.15, 0.2) is 24.3 Å². The van der Waals surface area contributed by atoms with E-state index in [1.807, 2.05) is 0 Å². The predicted molar refractivity (Wildman–Crippen MR) is 90.4 cm³/mol. The first kappa shape index (κ1) is 17.2. The zero-order valence-electron chi connectivity index (χ0n) is 14.3. The van der Waals surface area contributed by atoms with E-state index in [9.17, 15) is 0 Å². The molecule has 0 aliphatic rings. The van der Waals surface area contributed by atoms with Crippen molar-refractivity contribution < 1.29 is 0 Å². The highest BCUT2D eigenvalue weighted by molar-refractivity contribution is 5.28. The van der Waals surface area contributed by atoms with Gasteiger partial charge in [0.25, 0.3) is 0 Å². The minimum absolute atomic E-state index is 0.246. The van der Waals surface area contributed by atoms with Gasteiger partial charge in [-0.1, -0.05) is 72.2 Å². The number of hydrogen-bond acceptors (Lipinski definition) is 1. The van der Waals surface area contributed by atoms with Crippen LogP contribution in [0, 0.1) is 5.92 Å². The van der Waals surface area contributed by atoms with E-state index in [4.69, 9.17) is 0 Å². The summed E-state index contributed by atoms with van der Waals surface area (Å²) in [5.41, 5.74) is 3.12. The Hall–Kier alpha value is -0.820. The van der Waals surface area contributed by atoms with E-state index in [2.05, 4.69) is 71.1 Å². The molecule has 0 heterocycles. The summed E-state index contributed by atoms with van der Waals surface area (Å²) in [6, 6.07) is 9.81. The van der Waals surface area contributed by atoms with Crippen LogP contribution in [0.1, 0.15) is 65.5 Å². The third-order valence-electron chi connectivity index (χ3n) is 4.18. The van der Waals surface area contributed by atoms with Gasteiger partial charge in [0.15, 0.2) is 0 Å². The van der Waals surface area contributed by atoms with E-state index in [0.29, 0.717) is 6.04 Å². The quantitative estimate of drug-likeness (QED) is 0.743. The third-order valence-corrected chi connectivity index (χ3v) is 4.18. The van der Waals surface area contributed by atoms with Gasteiger partial charge >= 0.3 is 0 Å². The van der Waals surface area contributed by atoms with E-state index < -0.39 is 0 Å². The normalized spacial score (nSPS) is 15.1. The van der Waals surface area contributed by atoms with Crippen LogP contribution in [-0.4, -0.2) is 12.6 Å². The summed E-state index contributed by atoms with van der Waals surface area (Å²) < 4.78 is 0. The highest BCUT2D eigenvalue weighted by Gasteiger charge is 2.15. The fourth-order valence-corrected chi connectivity index (χ4v) is 2.61. The average molecular weight is 275 g/mol. The molecule has 114 valence electrons. The van der Waals surface area contributed by atoms with Crippen LogP contribution in [0.5, 0.6) is 0 Å². The van der Waals surface area contributed by atoms with Crippen LogP contribution < -0.4 is 5.32 Å². The average Bonchev–Trinajstić information content (AvgIpc) is 2.38. The molecule has 0 aliphatic heterocycles. The molecule has 1 aromatic rings. The summed E-state index contributed by atoms with van der Waals surface area (Å²) in [5, 5.41) is 3.64. The van der Waals surface area contributed by atoms with Crippen molar-refractivity contribution in [3.63, 3.8) is 0 Å². The lowest BCUT2D eigenvalue weighted by Gasteiger charge is -2.22. The second-order valence-corrected chi connectivity index (χ2v) is 7.15. The maximum absolute atomic E-state index is 3.64. The number of likely N-dealkylation sites (N-methyl/N-ethyl adjacent to an activating group) is 1. The minimum atomic E-state index is 0.246. The van der Waals surface area contributed by atoms with Gasteiger partial charge in [-0.05, 0) is 41.8 Å². The van der Waals surface area contributed by atoms with Gasteiger partial charge in [0.05, 0.1) is 0 Å². The molecule has 0 spiro atoms. The van der Waals surface area contributed by atoms with Crippen LogP contribution in [0.2, 0.25) is 0 Å². The molecule has 1 nitrogen and oxygen atoms in total. The van der Waals surface area contributed by atoms with Gasteiger partial charge in [-0.15, -0.1) is 0 Å². The summed E-state index contributed by atoms with van der Waals surface area (Å²) in [5.74, 6) is 0.799. The van der Waals surface area contributed by atoms with E-state index in [1.54, 1.807) is 0 Å². The van der Waals surface area contributed by atoms with Crippen molar-refractivity contribution in [2.75, 3.05) is 6.54 Å². The lowest BCUT2D eigenvalue weighted by molar-refractivity contribution is 0.397. The Kier molecular flexibility index (Phi) is 6.75. The Balaban J connectivity index is 2.68. The summed E-state index contributed by atoms with van der Waals surface area (Å²) in [6.07, 6.45) is 3.68. The van der Waals surface area contributed by atoms with Gasteiger partial charge in [-0.25, -0.2) is 0 Å². The highest BCUT2D eigenvalue weighted by Crippen LogP contribution is 2.23. The number of hydrogen-bond donors (Lipinski definition) is 1. The third kappa shape index (κ3) is 5.66. The molecule has 0 radical (unpaired) electrons. The number of nitrogens with one attached hydrogen (secondary N) is 1. The number of benzene rings is 1. The van der Waals surface area contributed by atoms with Gasteiger partial charge in [-0.2, -0.15) is 0 Å². The fraction of sp³-hybridized carbons (Fsp3) is 0.684. The first-order valence-corrected chi connectivity index (χ1v) is 8.19. The van der Waals surface area contributed by atoms with Gasteiger partial charge < -0.3 is 5.32 Å². The van der Waals surface area contributed by atoms with Gasteiger partial charge in [0, 0.05) is 6.04 Å². The Morgan fingerprint density at radius 1 is 1.05 bits per heavy atom. The molecule has 2 unspecified atom stereocenters.